The largest absolute Gasteiger partial charge is 0.336 e. The van der Waals surface area contributed by atoms with Gasteiger partial charge in [0.25, 0.3) is 5.91 Å². The van der Waals surface area contributed by atoms with Crippen LogP contribution in [-0.2, 0) is 0 Å². The van der Waals surface area contributed by atoms with Gasteiger partial charge in [-0.25, -0.2) is 0 Å². The van der Waals surface area contributed by atoms with Gasteiger partial charge in [-0.3, -0.25) is 4.79 Å². The zero-order chi connectivity index (χ0) is 11.5. The highest BCUT2D eigenvalue weighted by Crippen LogP contribution is 2.28. The third-order valence-electron chi connectivity index (χ3n) is 2.80. The Morgan fingerprint density at radius 3 is 2.50 bits per heavy atom. The van der Waals surface area contributed by atoms with E-state index in [0.717, 1.165) is 18.5 Å². The van der Waals surface area contributed by atoms with Crippen LogP contribution in [0.1, 0.15) is 36.5 Å². The molecule has 0 bridgehead atoms. The highest BCUT2D eigenvalue weighted by Gasteiger charge is 2.32. The molecule has 0 heterocycles. The van der Waals surface area contributed by atoms with Crippen LogP contribution in [-0.4, -0.2) is 23.4 Å². The SMILES string of the molecule is CCCN(C(=O)c1ccc(I)cc1)C1CC1. The predicted octanol–water partition coefficient (Wildman–Crippen LogP) is 3.31. The first-order valence-corrected chi connectivity index (χ1v) is 6.86. The molecule has 1 aromatic rings. The van der Waals surface area contributed by atoms with Crippen molar-refractivity contribution < 1.29 is 4.79 Å². The summed E-state index contributed by atoms with van der Waals surface area (Å²) in [7, 11) is 0. The van der Waals surface area contributed by atoms with Crippen molar-refractivity contribution in [3.63, 3.8) is 0 Å². The molecule has 1 fully saturated rings. The molecule has 2 rings (SSSR count). The number of halogens is 1. The van der Waals surface area contributed by atoms with Crippen LogP contribution in [0.3, 0.4) is 0 Å². The third-order valence-corrected chi connectivity index (χ3v) is 3.52. The summed E-state index contributed by atoms with van der Waals surface area (Å²) < 4.78 is 1.17. The van der Waals surface area contributed by atoms with Gasteiger partial charge in [0.05, 0.1) is 0 Å². The van der Waals surface area contributed by atoms with Crippen molar-refractivity contribution in [2.75, 3.05) is 6.54 Å². The fraction of sp³-hybridized carbons (Fsp3) is 0.462. The first kappa shape index (κ1) is 11.9. The van der Waals surface area contributed by atoms with Gasteiger partial charge in [-0.1, -0.05) is 6.92 Å². The Morgan fingerprint density at radius 1 is 1.38 bits per heavy atom. The Labute approximate surface area is 110 Å². The average molecular weight is 329 g/mol. The first-order chi connectivity index (χ1) is 7.72. The van der Waals surface area contributed by atoms with Crippen LogP contribution in [0.15, 0.2) is 24.3 Å². The molecule has 0 saturated heterocycles. The minimum atomic E-state index is 0.195. The molecule has 1 aliphatic rings. The van der Waals surface area contributed by atoms with Gasteiger partial charge in [0.15, 0.2) is 0 Å². The van der Waals surface area contributed by atoms with Crippen molar-refractivity contribution in [1.82, 2.24) is 4.90 Å². The van der Waals surface area contributed by atoms with Gasteiger partial charge in [-0.15, -0.1) is 0 Å². The van der Waals surface area contributed by atoms with Crippen LogP contribution >= 0.6 is 22.6 Å². The van der Waals surface area contributed by atoms with Crippen LogP contribution in [0.2, 0.25) is 0 Å². The molecule has 1 amide bonds. The van der Waals surface area contributed by atoms with Gasteiger partial charge in [0.2, 0.25) is 0 Å². The highest BCUT2D eigenvalue weighted by molar-refractivity contribution is 14.1. The topological polar surface area (TPSA) is 20.3 Å². The Morgan fingerprint density at radius 2 is 2.00 bits per heavy atom. The van der Waals surface area contributed by atoms with Crippen molar-refractivity contribution in [3.05, 3.63) is 33.4 Å². The summed E-state index contributed by atoms with van der Waals surface area (Å²) >= 11 is 2.25. The van der Waals surface area contributed by atoms with E-state index in [2.05, 4.69) is 29.5 Å². The maximum absolute atomic E-state index is 12.3. The number of carbonyl (C=O) groups excluding carboxylic acids is 1. The average Bonchev–Trinajstić information content (AvgIpc) is 3.10. The van der Waals surface area contributed by atoms with Crippen LogP contribution in [0.4, 0.5) is 0 Å². The molecule has 0 atom stereocenters. The maximum Gasteiger partial charge on any atom is 0.254 e. The van der Waals surface area contributed by atoms with E-state index in [1.54, 1.807) is 0 Å². The molecule has 2 nitrogen and oxygen atoms in total. The number of carbonyl (C=O) groups is 1. The van der Waals surface area contributed by atoms with E-state index in [4.69, 9.17) is 0 Å². The van der Waals surface area contributed by atoms with E-state index >= 15 is 0 Å². The smallest absolute Gasteiger partial charge is 0.254 e. The van der Waals surface area contributed by atoms with Gasteiger partial charge in [0, 0.05) is 21.7 Å². The lowest BCUT2D eigenvalue weighted by Crippen LogP contribution is -2.33. The lowest BCUT2D eigenvalue weighted by atomic mass is 10.2. The summed E-state index contributed by atoms with van der Waals surface area (Å²) in [5.74, 6) is 0.195. The van der Waals surface area contributed by atoms with E-state index in [1.807, 2.05) is 29.2 Å². The molecule has 0 radical (unpaired) electrons. The first-order valence-electron chi connectivity index (χ1n) is 5.79. The lowest BCUT2D eigenvalue weighted by molar-refractivity contribution is 0.0743. The number of nitrogens with zero attached hydrogens (tertiary/aromatic N) is 1. The lowest BCUT2D eigenvalue weighted by Gasteiger charge is -2.21. The van der Waals surface area contributed by atoms with Crippen molar-refractivity contribution in [1.29, 1.82) is 0 Å². The molecule has 16 heavy (non-hydrogen) atoms. The van der Waals surface area contributed by atoms with Crippen molar-refractivity contribution >= 4 is 28.5 Å². The zero-order valence-corrected chi connectivity index (χ0v) is 11.6. The molecule has 0 aromatic heterocycles. The summed E-state index contributed by atoms with van der Waals surface area (Å²) in [6.07, 6.45) is 3.39. The summed E-state index contributed by atoms with van der Waals surface area (Å²) in [5, 5.41) is 0. The summed E-state index contributed by atoms with van der Waals surface area (Å²) in [6.45, 7) is 3.01. The highest BCUT2D eigenvalue weighted by atomic mass is 127. The third kappa shape index (κ3) is 2.75. The Kier molecular flexibility index (Phi) is 3.84. The molecule has 0 spiro atoms. The monoisotopic (exact) mass is 329 g/mol. The molecule has 1 aliphatic carbocycles. The molecule has 3 heteroatoms. The second-order valence-electron chi connectivity index (χ2n) is 4.24. The number of amides is 1. The van der Waals surface area contributed by atoms with E-state index in [-0.39, 0.29) is 5.91 Å². The molecule has 0 N–H and O–H groups in total. The van der Waals surface area contributed by atoms with Crippen LogP contribution in [0.25, 0.3) is 0 Å². The van der Waals surface area contributed by atoms with E-state index in [0.29, 0.717) is 6.04 Å². The number of hydrogen-bond donors (Lipinski definition) is 0. The van der Waals surface area contributed by atoms with Gasteiger partial charge < -0.3 is 4.90 Å². The summed E-state index contributed by atoms with van der Waals surface area (Å²) in [4.78, 5) is 14.3. The molecule has 0 unspecified atom stereocenters. The molecule has 1 aromatic carbocycles. The Bertz CT molecular complexity index is 370. The normalized spacial score (nSPS) is 14.9. The minimum Gasteiger partial charge on any atom is -0.336 e. The fourth-order valence-corrected chi connectivity index (χ4v) is 2.19. The Balaban J connectivity index is 2.12. The fourth-order valence-electron chi connectivity index (χ4n) is 1.84. The number of benzene rings is 1. The van der Waals surface area contributed by atoms with Crippen LogP contribution in [0, 0.1) is 3.57 Å². The van der Waals surface area contributed by atoms with Gasteiger partial charge in [-0.05, 0) is 66.1 Å². The van der Waals surface area contributed by atoms with Gasteiger partial charge in [0.1, 0.15) is 0 Å². The van der Waals surface area contributed by atoms with Crippen molar-refractivity contribution in [2.24, 2.45) is 0 Å². The minimum absolute atomic E-state index is 0.195. The van der Waals surface area contributed by atoms with Crippen LogP contribution < -0.4 is 0 Å². The standard InChI is InChI=1S/C13H16INO/c1-2-9-15(12-7-8-12)13(16)10-3-5-11(14)6-4-10/h3-6,12H,2,7-9H2,1H3. The second kappa shape index (κ2) is 5.17. The Hall–Kier alpha value is -0.580. The molecule has 1 saturated carbocycles. The molecule has 0 aliphatic heterocycles. The van der Waals surface area contributed by atoms with E-state index in [1.165, 1.54) is 16.4 Å². The van der Waals surface area contributed by atoms with E-state index in [9.17, 15) is 4.79 Å². The molecular formula is C13H16INO. The van der Waals surface area contributed by atoms with Crippen molar-refractivity contribution in [3.8, 4) is 0 Å². The van der Waals surface area contributed by atoms with Gasteiger partial charge in [-0.2, -0.15) is 0 Å². The zero-order valence-electron chi connectivity index (χ0n) is 9.45. The molecule has 86 valence electrons. The quantitative estimate of drug-likeness (QED) is 0.776. The summed E-state index contributed by atoms with van der Waals surface area (Å²) in [5.41, 5.74) is 0.820. The number of hydrogen-bond acceptors (Lipinski definition) is 1. The number of rotatable bonds is 4. The predicted molar refractivity (Wildman–Crippen MR) is 73.5 cm³/mol. The second-order valence-corrected chi connectivity index (χ2v) is 5.48. The maximum atomic E-state index is 12.3. The van der Waals surface area contributed by atoms with E-state index < -0.39 is 0 Å². The molecular weight excluding hydrogens is 313 g/mol. The van der Waals surface area contributed by atoms with Crippen molar-refractivity contribution in [2.45, 2.75) is 32.2 Å². The van der Waals surface area contributed by atoms with Crippen LogP contribution in [0.5, 0.6) is 0 Å². The summed E-state index contributed by atoms with van der Waals surface area (Å²) in [6, 6.07) is 8.34. The van der Waals surface area contributed by atoms with Gasteiger partial charge >= 0.3 is 0 Å².